The van der Waals surface area contributed by atoms with Gasteiger partial charge in [0.15, 0.2) is 5.11 Å². The molecule has 1 aromatic rings. The van der Waals surface area contributed by atoms with E-state index in [2.05, 4.69) is 22.7 Å². The van der Waals surface area contributed by atoms with Gasteiger partial charge in [-0.1, -0.05) is 36.4 Å². The summed E-state index contributed by atoms with van der Waals surface area (Å²) in [5, 5.41) is 14.0. The summed E-state index contributed by atoms with van der Waals surface area (Å²) >= 11 is 4.67. The van der Waals surface area contributed by atoms with Gasteiger partial charge in [-0.15, -0.1) is 0 Å². The molecule has 0 saturated heterocycles. The lowest BCUT2D eigenvalue weighted by Gasteiger charge is -2.17. The molecule has 18 heavy (non-hydrogen) atoms. The van der Waals surface area contributed by atoms with E-state index >= 15 is 0 Å². The maximum Gasteiger partial charge on any atom is 0.184 e. The summed E-state index contributed by atoms with van der Waals surface area (Å²) < 4.78 is 0. The number of hydrogen-bond donors (Lipinski definition) is 3. The Hall–Kier alpha value is -1.72. The lowest BCUT2D eigenvalue weighted by molar-refractivity contribution is 0.154. The standard InChI is InChI=1S/C13H17N3OS/c1-13(2,17)11(15-16-12(14)18)9-8-10-6-4-3-5-7-10/h3-9,17H,1-2H3,(H3,14,16,18). The molecule has 0 saturated carbocycles. The van der Waals surface area contributed by atoms with Gasteiger partial charge in [-0.25, -0.2) is 0 Å². The molecule has 0 bridgehead atoms. The molecule has 0 aliphatic rings. The molecule has 0 unspecified atom stereocenters. The van der Waals surface area contributed by atoms with Gasteiger partial charge in [-0.3, -0.25) is 5.43 Å². The summed E-state index contributed by atoms with van der Waals surface area (Å²) in [5.41, 5.74) is 8.15. The van der Waals surface area contributed by atoms with E-state index in [1.54, 1.807) is 19.9 Å². The molecule has 4 nitrogen and oxygen atoms in total. The molecule has 0 spiro atoms. The summed E-state index contributed by atoms with van der Waals surface area (Å²) in [7, 11) is 0. The van der Waals surface area contributed by atoms with Crippen molar-refractivity contribution >= 4 is 29.1 Å². The predicted octanol–water partition coefficient (Wildman–Crippen LogP) is 1.66. The number of benzene rings is 1. The van der Waals surface area contributed by atoms with Crippen molar-refractivity contribution in [1.29, 1.82) is 0 Å². The van der Waals surface area contributed by atoms with Crippen LogP contribution in [0, 0.1) is 0 Å². The van der Waals surface area contributed by atoms with Crippen LogP contribution >= 0.6 is 12.2 Å². The third-order valence-corrected chi connectivity index (χ3v) is 2.24. The smallest absolute Gasteiger partial charge is 0.184 e. The summed E-state index contributed by atoms with van der Waals surface area (Å²) in [6, 6.07) is 9.73. The number of rotatable bonds is 4. The van der Waals surface area contributed by atoms with Gasteiger partial charge in [0, 0.05) is 0 Å². The van der Waals surface area contributed by atoms with Crippen molar-refractivity contribution in [2.24, 2.45) is 10.8 Å². The summed E-state index contributed by atoms with van der Waals surface area (Å²) in [5.74, 6) is 0. The van der Waals surface area contributed by atoms with Crippen molar-refractivity contribution in [3.8, 4) is 0 Å². The Bertz CT molecular complexity index is 461. The quantitative estimate of drug-likeness (QED) is 0.439. The molecule has 0 heterocycles. The maximum absolute atomic E-state index is 9.96. The van der Waals surface area contributed by atoms with E-state index in [0.29, 0.717) is 5.71 Å². The van der Waals surface area contributed by atoms with E-state index < -0.39 is 5.60 Å². The van der Waals surface area contributed by atoms with Gasteiger partial charge in [0.1, 0.15) is 5.60 Å². The first kappa shape index (κ1) is 14.3. The molecule has 96 valence electrons. The fourth-order valence-corrected chi connectivity index (χ4v) is 1.28. The molecule has 0 radical (unpaired) electrons. The van der Waals surface area contributed by atoms with Gasteiger partial charge in [-0.05, 0) is 37.7 Å². The maximum atomic E-state index is 9.96. The summed E-state index contributed by atoms with van der Waals surface area (Å²) in [6.45, 7) is 3.28. The van der Waals surface area contributed by atoms with E-state index in [1.165, 1.54) is 0 Å². The minimum Gasteiger partial charge on any atom is -0.384 e. The Labute approximate surface area is 112 Å². The Kier molecular flexibility index (Phi) is 5.00. The van der Waals surface area contributed by atoms with E-state index in [0.717, 1.165) is 5.56 Å². The highest BCUT2D eigenvalue weighted by molar-refractivity contribution is 7.80. The zero-order valence-electron chi connectivity index (χ0n) is 10.4. The van der Waals surface area contributed by atoms with Crippen LogP contribution in [0.25, 0.3) is 6.08 Å². The number of aliphatic hydroxyl groups is 1. The summed E-state index contributed by atoms with van der Waals surface area (Å²) in [6.07, 6.45) is 3.58. The number of nitrogens with zero attached hydrogens (tertiary/aromatic N) is 1. The van der Waals surface area contributed by atoms with Crippen molar-refractivity contribution in [2.75, 3.05) is 0 Å². The predicted molar refractivity (Wildman–Crippen MR) is 79.1 cm³/mol. The molecule has 5 heteroatoms. The van der Waals surface area contributed by atoms with Gasteiger partial charge >= 0.3 is 0 Å². The van der Waals surface area contributed by atoms with Crippen LogP contribution in [0.5, 0.6) is 0 Å². The van der Waals surface area contributed by atoms with Crippen molar-refractivity contribution in [3.63, 3.8) is 0 Å². The molecule has 0 fully saturated rings. The highest BCUT2D eigenvalue weighted by atomic mass is 32.1. The number of thiocarbonyl (C=S) groups is 1. The number of hydrogen-bond acceptors (Lipinski definition) is 3. The second-order valence-electron chi connectivity index (χ2n) is 4.28. The number of hydrazone groups is 1. The molecule has 0 aliphatic heterocycles. The highest BCUT2D eigenvalue weighted by Crippen LogP contribution is 2.08. The molecular weight excluding hydrogens is 246 g/mol. The molecule has 1 rings (SSSR count). The molecule has 0 aromatic heterocycles. The van der Waals surface area contributed by atoms with Crippen LogP contribution in [0.15, 0.2) is 41.5 Å². The largest absolute Gasteiger partial charge is 0.384 e. The fourth-order valence-electron chi connectivity index (χ4n) is 1.23. The molecular formula is C13H17N3OS. The Morgan fingerprint density at radius 1 is 1.39 bits per heavy atom. The third-order valence-electron chi connectivity index (χ3n) is 2.15. The van der Waals surface area contributed by atoms with Gasteiger partial charge in [-0.2, -0.15) is 5.10 Å². The second-order valence-corrected chi connectivity index (χ2v) is 4.72. The van der Waals surface area contributed by atoms with Crippen LogP contribution < -0.4 is 11.2 Å². The first-order valence-corrected chi connectivity index (χ1v) is 5.89. The van der Waals surface area contributed by atoms with Gasteiger partial charge in [0.2, 0.25) is 0 Å². The Morgan fingerprint density at radius 3 is 2.50 bits per heavy atom. The second kappa shape index (κ2) is 6.28. The lowest BCUT2D eigenvalue weighted by Crippen LogP contribution is -2.34. The Morgan fingerprint density at radius 2 is 2.00 bits per heavy atom. The topological polar surface area (TPSA) is 70.6 Å². The molecule has 4 N–H and O–H groups in total. The van der Waals surface area contributed by atoms with E-state index in [4.69, 9.17) is 5.73 Å². The van der Waals surface area contributed by atoms with Crippen LogP contribution in [0.3, 0.4) is 0 Å². The zero-order valence-corrected chi connectivity index (χ0v) is 11.2. The van der Waals surface area contributed by atoms with E-state index in [-0.39, 0.29) is 5.11 Å². The van der Waals surface area contributed by atoms with Gasteiger partial charge in [0.05, 0.1) is 5.71 Å². The van der Waals surface area contributed by atoms with Crippen LogP contribution in [0.2, 0.25) is 0 Å². The lowest BCUT2D eigenvalue weighted by atomic mass is 10.0. The minimum atomic E-state index is -1.08. The van der Waals surface area contributed by atoms with Crippen molar-refractivity contribution < 1.29 is 5.11 Å². The van der Waals surface area contributed by atoms with E-state index in [9.17, 15) is 5.11 Å². The summed E-state index contributed by atoms with van der Waals surface area (Å²) in [4.78, 5) is 0. The molecule has 0 atom stereocenters. The normalized spacial score (nSPS) is 12.7. The van der Waals surface area contributed by atoms with E-state index in [1.807, 2.05) is 36.4 Å². The highest BCUT2D eigenvalue weighted by Gasteiger charge is 2.19. The number of nitrogens with one attached hydrogen (secondary N) is 1. The molecule has 0 aliphatic carbocycles. The average molecular weight is 263 g/mol. The SMILES string of the molecule is CC(C)(O)C(C=Cc1ccccc1)=NNC(N)=S. The molecule has 1 aromatic carbocycles. The third kappa shape index (κ3) is 5.07. The van der Waals surface area contributed by atoms with Gasteiger partial charge in [0.25, 0.3) is 0 Å². The zero-order chi connectivity index (χ0) is 13.6. The van der Waals surface area contributed by atoms with Crippen molar-refractivity contribution in [2.45, 2.75) is 19.4 Å². The van der Waals surface area contributed by atoms with Crippen LogP contribution in [0.1, 0.15) is 19.4 Å². The Balaban J connectivity index is 2.89. The van der Waals surface area contributed by atoms with Crippen molar-refractivity contribution in [3.05, 3.63) is 42.0 Å². The minimum absolute atomic E-state index is 0.0601. The van der Waals surface area contributed by atoms with Gasteiger partial charge < -0.3 is 10.8 Å². The van der Waals surface area contributed by atoms with Crippen LogP contribution in [0.4, 0.5) is 0 Å². The monoisotopic (exact) mass is 263 g/mol. The fraction of sp³-hybridized carbons (Fsp3) is 0.231. The average Bonchev–Trinajstić information content (AvgIpc) is 2.28. The van der Waals surface area contributed by atoms with Crippen LogP contribution in [-0.4, -0.2) is 21.5 Å². The first-order chi connectivity index (χ1) is 8.39. The van der Waals surface area contributed by atoms with Crippen molar-refractivity contribution in [1.82, 2.24) is 5.43 Å². The molecule has 0 amide bonds. The number of nitrogens with two attached hydrogens (primary N) is 1. The van der Waals surface area contributed by atoms with Crippen LogP contribution in [-0.2, 0) is 0 Å². The first-order valence-electron chi connectivity index (χ1n) is 5.48.